The van der Waals surface area contributed by atoms with Gasteiger partial charge in [0.05, 0.1) is 12.2 Å². The Bertz CT molecular complexity index is 767. The fraction of sp³-hybridized carbons (Fsp3) is 0.474. The van der Waals surface area contributed by atoms with Crippen LogP contribution >= 0.6 is 0 Å². The molecule has 6 heteroatoms. The van der Waals surface area contributed by atoms with Crippen molar-refractivity contribution < 1.29 is 14.3 Å². The normalized spacial score (nSPS) is 16.0. The lowest BCUT2D eigenvalue weighted by molar-refractivity contribution is -0.118. The maximum atomic E-state index is 12.3. The van der Waals surface area contributed by atoms with Gasteiger partial charge in [0.15, 0.2) is 18.1 Å². The van der Waals surface area contributed by atoms with Crippen molar-refractivity contribution in [1.29, 1.82) is 0 Å². The molecule has 0 radical (unpaired) electrons. The van der Waals surface area contributed by atoms with E-state index < -0.39 is 0 Å². The number of carbonyl (C=O) groups is 1. The molecule has 134 valence electrons. The van der Waals surface area contributed by atoms with E-state index in [1.807, 2.05) is 36.7 Å². The molecule has 0 aliphatic carbocycles. The van der Waals surface area contributed by atoms with Crippen molar-refractivity contribution in [1.82, 2.24) is 9.78 Å². The van der Waals surface area contributed by atoms with E-state index in [9.17, 15) is 4.79 Å². The topological polar surface area (TPSA) is 65.4 Å². The molecule has 3 rings (SSSR count). The first-order valence-corrected chi connectivity index (χ1v) is 8.66. The highest BCUT2D eigenvalue weighted by Gasteiger charge is 2.32. The van der Waals surface area contributed by atoms with Gasteiger partial charge in [-0.25, -0.2) is 4.68 Å². The number of fused-ring (bicyclic) bond motifs is 1. The molecule has 2 heterocycles. The summed E-state index contributed by atoms with van der Waals surface area (Å²) < 4.78 is 13.5. The molecule has 2 aromatic rings. The number of amides is 1. The highest BCUT2D eigenvalue weighted by atomic mass is 16.5. The number of ether oxygens (including phenoxy) is 2. The largest absolute Gasteiger partial charge is 0.483 e. The second-order valence-corrected chi connectivity index (χ2v) is 7.04. The number of hydrogen-bond donors (Lipinski definition) is 1. The Morgan fingerprint density at radius 2 is 2.24 bits per heavy atom. The third-order valence-electron chi connectivity index (χ3n) is 4.36. The second-order valence-electron chi connectivity index (χ2n) is 7.04. The van der Waals surface area contributed by atoms with Gasteiger partial charge in [-0.15, -0.1) is 0 Å². The molecule has 25 heavy (non-hydrogen) atoms. The number of aromatic nitrogens is 2. The van der Waals surface area contributed by atoms with Gasteiger partial charge in [-0.05, 0) is 33.3 Å². The molecule has 1 aliphatic heterocycles. The minimum absolute atomic E-state index is 0.0775. The van der Waals surface area contributed by atoms with E-state index in [1.54, 1.807) is 12.3 Å². The smallest absolute Gasteiger partial charge is 0.263 e. The summed E-state index contributed by atoms with van der Waals surface area (Å²) in [5.74, 6) is 1.80. The van der Waals surface area contributed by atoms with Crippen LogP contribution in [0.15, 0.2) is 30.5 Å². The van der Waals surface area contributed by atoms with Crippen LogP contribution in [0.2, 0.25) is 0 Å². The van der Waals surface area contributed by atoms with E-state index >= 15 is 0 Å². The fourth-order valence-electron chi connectivity index (χ4n) is 2.96. The molecule has 0 saturated heterocycles. The molecule has 1 aliphatic rings. The van der Waals surface area contributed by atoms with Gasteiger partial charge in [0.25, 0.3) is 5.91 Å². The Kier molecular flexibility index (Phi) is 4.70. The number of hydrogen-bond acceptors (Lipinski definition) is 4. The zero-order valence-electron chi connectivity index (χ0n) is 15.2. The van der Waals surface area contributed by atoms with Gasteiger partial charge >= 0.3 is 0 Å². The van der Waals surface area contributed by atoms with Crippen LogP contribution in [0.25, 0.3) is 0 Å². The van der Waals surface area contributed by atoms with Crippen molar-refractivity contribution in [2.45, 2.75) is 52.2 Å². The van der Waals surface area contributed by atoms with Crippen molar-refractivity contribution in [2.75, 3.05) is 11.9 Å². The van der Waals surface area contributed by atoms with E-state index in [-0.39, 0.29) is 24.2 Å². The Labute approximate surface area is 148 Å². The first kappa shape index (κ1) is 17.3. The lowest BCUT2D eigenvalue weighted by Gasteiger charge is -2.18. The highest BCUT2D eigenvalue weighted by molar-refractivity contribution is 5.91. The van der Waals surface area contributed by atoms with Gasteiger partial charge in [-0.2, -0.15) is 5.10 Å². The van der Waals surface area contributed by atoms with Crippen LogP contribution in [0.3, 0.4) is 0 Å². The van der Waals surface area contributed by atoms with Crippen molar-refractivity contribution in [3.8, 4) is 11.5 Å². The summed E-state index contributed by atoms with van der Waals surface area (Å²) in [6.07, 6.45) is 3.45. The average Bonchev–Trinajstić information content (AvgIpc) is 3.14. The molecule has 0 bridgehead atoms. The summed E-state index contributed by atoms with van der Waals surface area (Å²) in [5, 5.41) is 7.12. The Hall–Kier alpha value is -2.50. The van der Waals surface area contributed by atoms with E-state index in [4.69, 9.17) is 9.47 Å². The number of nitrogens with zero attached hydrogens (tertiary/aromatic N) is 2. The molecule has 6 nitrogen and oxygen atoms in total. The molecular formula is C19H25N3O3. The van der Waals surface area contributed by atoms with Crippen LogP contribution < -0.4 is 14.8 Å². The van der Waals surface area contributed by atoms with Crippen molar-refractivity contribution in [3.63, 3.8) is 0 Å². The summed E-state index contributed by atoms with van der Waals surface area (Å²) in [4.78, 5) is 12.3. The van der Waals surface area contributed by atoms with Crippen LogP contribution in [0, 0.1) is 0 Å². The maximum Gasteiger partial charge on any atom is 0.263 e. The molecule has 1 N–H and O–H groups in total. The van der Waals surface area contributed by atoms with Gasteiger partial charge < -0.3 is 14.8 Å². The van der Waals surface area contributed by atoms with Gasteiger partial charge in [0.2, 0.25) is 0 Å². The van der Waals surface area contributed by atoms with Crippen LogP contribution in [0.1, 0.15) is 45.7 Å². The van der Waals surface area contributed by atoms with Crippen LogP contribution in [-0.2, 0) is 11.2 Å². The first-order valence-electron chi connectivity index (χ1n) is 8.66. The summed E-state index contributed by atoms with van der Waals surface area (Å²) in [5.41, 5.74) is 0.866. The fourth-order valence-corrected chi connectivity index (χ4v) is 2.96. The SMILES string of the molecule is CCC(C)n1nccc1NC(=O)COc1cccc2c1OC(C)(C)C2. The van der Waals surface area contributed by atoms with E-state index in [0.29, 0.717) is 11.6 Å². The van der Waals surface area contributed by atoms with Crippen LogP contribution in [0.5, 0.6) is 11.5 Å². The number of anilines is 1. The lowest BCUT2D eigenvalue weighted by Crippen LogP contribution is -2.25. The molecule has 0 saturated carbocycles. The second kappa shape index (κ2) is 6.78. The van der Waals surface area contributed by atoms with Gasteiger partial charge in [0.1, 0.15) is 11.4 Å². The van der Waals surface area contributed by atoms with Gasteiger partial charge in [-0.1, -0.05) is 19.1 Å². The molecule has 0 fully saturated rings. The van der Waals surface area contributed by atoms with Gasteiger partial charge in [-0.3, -0.25) is 4.79 Å². The summed E-state index contributed by atoms with van der Waals surface area (Å²) >= 11 is 0. The molecule has 1 atom stereocenters. The van der Waals surface area contributed by atoms with Gasteiger partial charge in [0, 0.05) is 18.1 Å². The molecule has 0 spiro atoms. The minimum atomic E-state index is -0.243. The summed E-state index contributed by atoms with van der Waals surface area (Å²) in [6.45, 7) is 8.15. The number of benzene rings is 1. The highest BCUT2D eigenvalue weighted by Crippen LogP contribution is 2.41. The number of para-hydroxylation sites is 1. The number of rotatable bonds is 6. The van der Waals surface area contributed by atoms with E-state index in [1.165, 1.54) is 0 Å². The predicted molar refractivity (Wildman–Crippen MR) is 96.2 cm³/mol. The first-order chi connectivity index (χ1) is 11.9. The quantitative estimate of drug-likeness (QED) is 0.870. The number of nitrogens with one attached hydrogen (secondary N) is 1. The molecule has 1 aromatic carbocycles. The standard InChI is InChI=1S/C19H25N3O3/c1-5-13(2)22-16(9-10-20-22)21-17(23)12-24-15-8-6-7-14-11-19(3,4)25-18(14)15/h6-10,13H,5,11-12H2,1-4H3,(H,21,23). The monoisotopic (exact) mass is 343 g/mol. The summed E-state index contributed by atoms with van der Waals surface area (Å²) in [6, 6.07) is 7.79. The molecule has 1 aromatic heterocycles. The van der Waals surface area contributed by atoms with Crippen molar-refractivity contribution in [3.05, 3.63) is 36.0 Å². The van der Waals surface area contributed by atoms with Crippen LogP contribution in [0.4, 0.5) is 5.82 Å². The van der Waals surface area contributed by atoms with E-state index in [2.05, 4.69) is 24.3 Å². The Morgan fingerprint density at radius 3 is 3.00 bits per heavy atom. The average molecular weight is 343 g/mol. The third kappa shape index (κ3) is 3.78. The van der Waals surface area contributed by atoms with Crippen molar-refractivity contribution >= 4 is 11.7 Å². The zero-order chi connectivity index (χ0) is 18.0. The lowest BCUT2D eigenvalue weighted by atomic mass is 10.0. The van der Waals surface area contributed by atoms with E-state index in [0.717, 1.165) is 24.2 Å². The zero-order valence-corrected chi connectivity index (χ0v) is 15.2. The Balaban J connectivity index is 1.63. The minimum Gasteiger partial charge on any atom is -0.483 e. The third-order valence-corrected chi connectivity index (χ3v) is 4.36. The predicted octanol–water partition coefficient (Wildman–Crippen LogP) is 3.59. The van der Waals surface area contributed by atoms with Crippen LogP contribution in [-0.4, -0.2) is 27.9 Å². The molecule has 1 unspecified atom stereocenters. The summed E-state index contributed by atoms with van der Waals surface area (Å²) in [7, 11) is 0. The maximum absolute atomic E-state index is 12.3. The molecule has 1 amide bonds. The van der Waals surface area contributed by atoms with Crippen molar-refractivity contribution in [2.24, 2.45) is 0 Å². The molecular weight excluding hydrogens is 318 g/mol. The Morgan fingerprint density at radius 1 is 1.44 bits per heavy atom. The number of carbonyl (C=O) groups excluding carboxylic acids is 1.